The Balaban J connectivity index is 0.000000980. The summed E-state index contributed by atoms with van der Waals surface area (Å²) in [5.74, 6) is 0. The Bertz CT molecular complexity index is 476. The molecule has 2 aromatic rings. The zero-order chi connectivity index (χ0) is 9.59. The van der Waals surface area contributed by atoms with Crippen molar-refractivity contribution < 1.29 is 28.4 Å². The fourth-order valence-electron chi connectivity index (χ4n) is 1.60. The quantitative estimate of drug-likeness (QED) is 0.455. The third kappa shape index (κ3) is 1.77. The summed E-state index contributed by atoms with van der Waals surface area (Å²) in [6.45, 7) is 8.45. The molecule has 0 radical (unpaired) electrons. The van der Waals surface area contributed by atoms with Crippen LogP contribution in [0, 0.1) is 27.7 Å². The summed E-state index contributed by atoms with van der Waals surface area (Å²) in [5, 5.41) is 0. The highest BCUT2D eigenvalue weighted by Gasteiger charge is 2.16. The van der Waals surface area contributed by atoms with E-state index in [2.05, 4.69) is 36.2 Å². The van der Waals surface area contributed by atoms with Gasteiger partial charge in [0.05, 0.1) is 4.88 Å². The van der Waals surface area contributed by atoms with Crippen molar-refractivity contribution in [1.29, 1.82) is 0 Å². The summed E-state index contributed by atoms with van der Waals surface area (Å²) in [4.78, 5) is 6.95. The van der Waals surface area contributed by atoms with Crippen molar-refractivity contribution in [1.82, 2.24) is 4.98 Å². The summed E-state index contributed by atoms with van der Waals surface area (Å²) >= 11 is 1.76. The molecule has 76 valence electrons. The van der Waals surface area contributed by atoms with E-state index in [1.807, 2.05) is 6.92 Å². The minimum Gasteiger partial charge on any atom is -1.00 e. The number of fused-ring (bicyclic) bond motifs is 1. The monoisotopic (exact) mass is 320 g/mol. The van der Waals surface area contributed by atoms with Crippen molar-refractivity contribution >= 4 is 16.3 Å². The minimum absolute atomic E-state index is 0. The van der Waals surface area contributed by atoms with Crippen LogP contribution in [0.25, 0.3) is 4.96 Å². The highest BCUT2D eigenvalue weighted by atomic mass is 127. The van der Waals surface area contributed by atoms with Gasteiger partial charge < -0.3 is 24.0 Å². The molecule has 2 heterocycles. The number of aryl methyl sites for hydroxylation is 4. The maximum Gasteiger partial charge on any atom is 0.387 e. The van der Waals surface area contributed by atoms with Crippen LogP contribution in [0.2, 0.25) is 0 Å². The molecule has 0 fully saturated rings. The predicted octanol–water partition coefficient (Wildman–Crippen LogP) is -0.881. The molecule has 0 N–H and O–H groups in total. The van der Waals surface area contributed by atoms with Crippen molar-refractivity contribution in [3.8, 4) is 0 Å². The predicted molar refractivity (Wildman–Crippen MR) is 54.2 cm³/mol. The zero-order valence-corrected chi connectivity index (χ0v) is 11.7. The van der Waals surface area contributed by atoms with Crippen LogP contribution in [0.15, 0.2) is 6.07 Å². The third-order valence-corrected chi connectivity index (χ3v) is 3.38. The second-order valence-corrected chi connectivity index (χ2v) is 4.58. The number of halogens is 1. The molecule has 0 saturated heterocycles. The number of hydrogen-bond acceptors (Lipinski definition) is 2. The molecule has 4 heteroatoms. The van der Waals surface area contributed by atoms with E-state index in [1.165, 1.54) is 16.3 Å². The molecule has 0 atom stereocenters. The van der Waals surface area contributed by atoms with Gasteiger partial charge in [-0.3, -0.25) is 0 Å². The topological polar surface area (TPSA) is 17.0 Å². The summed E-state index contributed by atoms with van der Waals surface area (Å²) in [6.07, 6.45) is 0. The number of aromatic nitrogens is 2. The lowest BCUT2D eigenvalue weighted by molar-refractivity contribution is -0.525. The molecule has 0 amide bonds. The molecular weight excluding hydrogens is 307 g/mol. The van der Waals surface area contributed by atoms with E-state index in [0.717, 1.165) is 10.7 Å². The Morgan fingerprint density at radius 3 is 2.50 bits per heavy atom. The summed E-state index contributed by atoms with van der Waals surface area (Å²) in [5.41, 5.74) is 3.67. The molecule has 0 aliphatic heterocycles. The maximum absolute atomic E-state index is 4.50. The lowest BCUT2D eigenvalue weighted by Gasteiger charge is -1.93. The van der Waals surface area contributed by atoms with Crippen LogP contribution in [0.3, 0.4) is 0 Å². The third-order valence-electron chi connectivity index (χ3n) is 2.32. The summed E-state index contributed by atoms with van der Waals surface area (Å²) in [7, 11) is 0. The van der Waals surface area contributed by atoms with Crippen LogP contribution in [0.1, 0.15) is 22.0 Å². The van der Waals surface area contributed by atoms with E-state index in [1.54, 1.807) is 11.3 Å². The van der Waals surface area contributed by atoms with E-state index in [0.29, 0.717) is 0 Å². The summed E-state index contributed by atoms with van der Waals surface area (Å²) in [6, 6.07) is 2.12. The SMILES string of the molecule is Cc1cc(C)[n+]2c(C)c(C)sc2n1.[I-]. The van der Waals surface area contributed by atoms with Crippen LogP contribution in [-0.2, 0) is 0 Å². The van der Waals surface area contributed by atoms with Crippen LogP contribution < -0.4 is 28.4 Å². The molecule has 0 unspecified atom stereocenters. The molecule has 2 rings (SSSR count). The second-order valence-electron chi connectivity index (χ2n) is 3.40. The van der Waals surface area contributed by atoms with Crippen molar-refractivity contribution in [2.45, 2.75) is 27.7 Å². The van der Waals surface area contributed by atoms with Crippen molar-refractivity contribution in [3.63, 3.8) is 0 Å². The van der Waals surface area contributed by atoms with Gasteiger partial charge in [-0.1, -0.05) is 0 Å². The Hall–Kier alpha value is -0.230. The fraction of sp³-hybridized carbons (Fsp3) is 0.400. The second kappa shape index (κ2) is 4.10. The Morgan fingerprint density at radius 2 is 1.86 bits per heavy atom. The molecule has 0 saturated carbocycles. The van der Waals surface area contributed by atoms with Crippen molar-refractivity contribution in [2.24, 2.45) is 0 Å². The fourth-order valence-corrected chi connectivity index (χ4v) is 2.67. The standard InChI is InChI=1S/C10H13N2S.HI/c1-6-5-7(2)12-8(3)9(4)13-10(12)11-6;/h5H,1-4H3;1H/q+1;/p-1. The van der Waals surface area contributed by atoms with Crippen LogP contribution in [0.5, 0.6) is 0 Å². The Morgan fingerprint density at radius 1 is 1.21 bits per heavy atom. The van der Waals surface area contributed by atoms with E-state index in [-0.39, 0.29) is 24.0 Å². The van der Waals surface area contributed by atoms with Gasteiger partial charge in [0.1, 0.15) is 11.4 Å². The molecule has 2 nitrogen and oxygen atoms in total. The molecular formula is C10H13IN2S. The number of rotatable bonds is 0. The first-order valence-electron chi connectivity index (χ1n) is 4.35. The molecule has 0 bridgehead atoms. The molecule has 0 aliphatic carbocycles. The first-order valence-corrected chi connectivity index (χ1v) is 5.17. The van der Waals surface area contributed by atoms with Gasteiger partial charge in [0.25, 0.3) is 0 Å². The van der Waals surface area contributed by atoms with Crippen molar-refractivity contribution in [2.75, 3.05) is 0 Å². The van der Waals surface area contributed by atoms with Gasteiger partial charge in [-0.15, -0.1) is 0 Å². The average molecular weight is 320 g/mol. The molecule has 0 aliphatic rings. The molecule has 14 heavy (non-hydrogen) atoms. The highest BCUT2D eigenvalue weighted by molar-refractivity contribution is 7.16. The molecule has 2 aromatic heterocycles. The first kappa shape index (κ1) is 11.8. The van der Waals surface area contributed by atoms with E-state index in [9.17, 15) is 0 Å². The maximum atomic E-state index is 4.50. The van der Waals surface area contributed by atoms with Gasteiger partial charge in [0.15, 0.2) is 5.69 Å². The molecule has 0 spiro atoms. The number of nitrogens with zero attached hydrogens (tertiary/aromatic N) is 2. The Labute approximate surface area is 105 Å². The van der Waals surface area contributed by atoms with Gasteiger partial charge in [0, 0.05) is 13.0 Å². The van der Waals surface area contributed by atoms with Crippen molar-refractivity contribution in [3.05, 3.63) is 28.0 Å². The molecule has 0 aromatic carbocycles. The highest BCUT2D eigenvalue weighted by Crippen LogP contribution is 2.15. The lowest BCUT2D eigenvalue weighted by Crippen LogP contribution is -3.00. The minimum atomic E-state index is 0. The van der Waals surface area contributed by atoms with Crippen LogP contribution in [-0.4, -0.2) is 4.98 Å². The summed E-state index contributed by atoms with van der Waals surface area (Å²) < 4.78 is 2.22. The largest absolute Gasteiger partial charge is 1.00 e. The van der Waals surface area contributed by atoms with Gasteiger partial charge in [-0.25, -0.2) is 0 Å². The smallest absolute Gasteiger partial charge is 0.387 e. The van der Waals surface area contributed by atoms with Gasteiger partial charge in [-0.2, -0.15) is 4.40 Å². The van der Waals surface area contributed by atoms with E-state index < -0.39 is 0 Å². The lowest BCUT2D eigenvalue weighted by atomic mass is 10.3. The van der Waals surface area contributed by atoms with E-state index >= 15 is 0 Å². The van der Waals surface area contributed by atoms with Gasteiger partial charge in [-0.05, 0) is 37.1 Å². The number of thiazole rings is 1. The zero-order valence-electron chi connectivity index (χ0n) is 8.76. The Kier molecular flexibility index (Phi) is 3.47. The van der Waals surface area contributed by atoms with Gasteiger partial charge >= 0.3 is 4.96 Å². The van der Waals surface area contributed by atoms with Gasteiger partial charge in [0.2, 0.25) is 0 Å². The number of hydrogen-bond donors (Lipinski definition) is 0. The average Bonchev–Trinajstić information content (AvgIpc) is 2.27. The van der Waals surface area contributed by atoms with Crippen LogP contribution in [0.4, 0.5) is 0 Å². The normalized spacial score (nSPS) is 10.3. The van der Waals surface area contributed by atoms with Crippen LogP contribution >= 0.6 is 11.3 Å². The van der Waals surface area contributed by atoms with E-state index in [4.69, 9.17) is 0 Å². The first-order chi connectivity index (χ1) is 6.09.